The molecule has 174 valence electrons. The van der Waals surface area contributed by atoms with Gasteiger partial charge in [0, 0.05) is 30.4 Å². The van der Waals surface area contributed by atoms with E-state index in [2.05, 4.69) is 0 Å². The van der Waals surface area contributed by atoms with Gasteiger partial charge in [0.2, 0.25) is 5.43 Å². The number of aromatic nitrogens is 1. The molecule has 2 aliphatic heterocycles. The highest BCUT2D eigenvalue weighted by Gasteiger charge is 2.45. The number of hydrogen-bond donors (Lipinski definition) is 1. The second-order valence-corrected chi connectivity index (χ2v) is 8.27. The lowest BCUT2D eigenvalue weighted by molar-refractivity contribution is 0.0685. The quantitative estimate of drug-likeness (QED) is 0.559. The number of aromatic hydroxyl groups is 1. The van der Waals surface area contributed by atoms with Crippen LogP contribution in [0.25, 0.3) is 0 Å². The largest absolute Gasteiger partial charge is 0.502 e. The summed E-state index contributed by atoms with van der Waals surface area (Å²) in [7, 11) is 0. The van der Waals surface area contributed by atoms with Gasteiger partial charge < -0.3 is 14.7 Å². The molecule has 0 spiro atoms. The van der Waals surface area contributed by atoms with Crippen LogP contribution in [-0.2, 0) is 5.54 Å². The number of carbonyl (C=O) groups excluding carboxylic acids is 1. The molecule has 3 heterocycles. The molecule has 0 saturated heterocycles. The summed E-state index contributed by atoms with van der Waals surface area (Å²) in [5, 5.41) is 12.3. The van der Waals surface area contributed by atoms with Gasteiger partial charge in [-0.2, -0.15) is 0 Å². The molecule has 34 heavy (non-hydrogen) atoms. The molecule has 1 aromatic heterocycles. The van der Waals surface area contributed by atoms with Crippen LogP contribution in [0.4, 0.5) is 8.78 Å². The van der Waals surface area contributed by atoms with Gasteiger partial charge in [0.05, 0.1) is 0 Å². The number of ether oxygens (including phenoxy) is 1. The minimum Gasteiger partial charge on any atom is -0.502 e. The average molecular weight is 465 g/mol. The Hall–Kier alpha value is -4.14. The van der Waals surface area contributed by atoms with Crippen LogP contribution in [0, 0.1) is 11.6 Å². The molecule has 0 aliphatic carbocycles. The van der Waals surface area contributed by atoms with Crippen LogP contribution in [0.15, 0.2) is 71.7 Å². The van der Waals surface area contributed by atoms with Crippen LogP contribution < -0.4 is 15.2 Å². The van der Waals surface area contributed by atoms with Crippen LogP contribution in [0.5, 0.6) is 11.5 Å². The maximum absolute atomic E-state index is 14.6. The van der Waals surface area contributed by atoms with Gasteiger partial charge in [-0.25, -0.2) is 8.78 Å². The van der Waals surface area contributed by atoms with E-state index in [1.54, 1.807) is 24.1 Å². The normalized spacial score (nSPS) is 20.6. The van der Waals surface area contributed by atoms with Crippen molar-refractivity contribution in [3.05, 3.63) is 106 Å². The van der Waals surface area contributed by atoms with Gasteiger partial charge in [-0.1, -0.05) is 36.4 Å². The zero-order chi connectivity index (χ0) is 24.0. The van der Waals surface area contributed by atoms with Crippen LogP contribution in [-0.4, -0.2) is 40.4 Å². The monoisotopic (exact) mass is 465 g/mol. The van der Waals surface area contributed by atoms with Crippen LogP contribution >= 0.6 is 0 Å². The predicted octanol–water partition coefficient (Wildman–Crippen LogP) is 3.10. The Morgan fingerprint density at radius 2 is 1.76 bits per heavy atom. The second-order valence-electron chi connectivity index (χ2n) is 8.27. The summed E-state index contributed by atoms with van der Waals surface area (Å²) in [5.41, 5.74) is -1.12. The van der Waals surface area contributed by atoms with Gasteiger partial charge in [0.1, 0.15) is 24.6 Å². The fourth-order valence-corrected chi connectivity index (χ4v) is 4.50. The summed E-state index contributed by atoms with van der Waals surface area (Å²) >= 11 is 0. The molecule has 7 nitrogen and oxygen atoms in total. The minimum atomic E-state index is -1.22. The van der Waals surface area contributed by atoms with Crippen molar-refractivity contribution in [3.63, 3.8) is 0 Å². The molecule has 9 heteroatoms. The standard InChI is InChI=1S/C25H21F2N3O4/c1-25(16-7-3-2-4-8-16)17-13-18(26)19(27)14-21(17)34-12-6-5-10-28-15-30(25)29-11-9-20(31)23(32)22(29)24(28)33/h2-9,11,13-14,32H,10,12,15H2,1H3/b6-5-/t25-/m1/s1. The number of benzene rings is 2. The molecule has 2 bridgehead atoms. The summed E-state index contributed by atoms with van der Waals surface area (Å²) in [4.78, 5) is 26.9. The Morgan fingerprint density at radius 1 is 1.03 bits per heavy atom. The first kappa shape index (κ1) is 21.7. The Bertz CT molecular complexity index is 1370. The summed E-state index contributed by atoms with van der Waals surface area (Å²) in [5.74, 6) is -3.18. The third-order valence-electron chi connectivity index (χ3n) is 6.34. The third-order valence-corrected chi connectivity index (χ3v) is 6.34. The number of amides is 1. The number of carbonyl (C=O) groups is 1. The first-order valence-corrected chi connectivity index (χ1v) is 10.7. The zero-order valence-electron chi connectivity index (χ0n) is 18.2. The lowest BCUT2D eigenvalue weighted by Crippen LogP contribution is -2.61. The number of hydrogen-bond acceptors (Lipinski definition) is 5. The maximum Gasteiger partial charge on any atom is 0.278 e. The highest BCUT2D eigenvalue weighted by atomic mass is 19.2. The van der Waals surface area contributed by atoms with Gasteiger partial charge in [-0.05, 0) is 24.6 Å². The van der Waals surface area contributed by atoms with Gasteiger partial charge >= 0.3 is 0 Å². The maximum atomic E-state index is 14.6. The van der Waals surface area contributed by atoms with Gasteiger partial charge in [-0.3, -0.25) is 19.3 Å². The number of nitrogens with zero attached hydrogens (tertiary/aromatic N) is 3. The van der Waals surface area contributed by atoms with E-state index in [1.165, 1.54) is 15.8 Å². The first-order valence-electron chi connectivity index (χ1n) is 10.7. The fourth-order valence-electron chi connectivity index (χ4n) is 4.50. The molecule has 3 aromatic rings. The summed E-state index contributed by atoms with van der Waals surface area (Å²) in [6.45, 7) is 2.06. The van der Waals surface area contributed by atoms with E-state index in [0.717, 1.165) is 18.2 Å². The molecular weight excluding hydrogens is 444 g/mol. The van der Waals surface area contributed by atoms with Crippen LogP contribution in [0.1, 0.15) is 28.5 Å². The van der Waals surface area contributed by atoms with E-state index >= 15 is 0 Å². The Morgan fingerprint density at radius 3 is 2.53 bits per heavy atom. The Balaban J connectivity index is 1.88. The fraction of sp³-hybridized carbons (Fsp3) is 0.200. The highest BCUT2D eigenvalue weighted by Crippen LogP contribution is 2.42. The van der Waals surface area contributed by atoms with Crippen molar-refractivity contribution in [3.8, 4) is 11.5 Å². The van der Waals surface area contributed by atoms with E-state index in [-0.39, 0.29) is 31.3 Å². The molecule has 2 aromatic carbocycles. The number of fused-ring (bicyclic) bond motifs is 5. The van der Waals surface area contributed by atoms with E-state index in [1.807, 2.05) is 30.3 Å². The number of pyridine rings is 1. The van der Waals surface area contributed by atoms with Crippen molar-refractivity contribution < 1.29 is 23.4 Å². The van der Waals surface area contributed by atoms with E-state index < -0.39 is 34.3 Å². The molecule has 5 rings (SSSR count). The van der Waals surface area contributed by atoms with Gasteiger partial charge in [-0.15, -0.1) is 0 Å². The number of rotatable bonds is 1. The average Bonchev–Trinajstić information content (AvgIpc) is 2.85. The molecule has 2 aliphatic rings. The molecule has 0 radical (unpaired) electrons. The van der Waals surface area contributed by atoms with Crippen LogP contribution in [0.3, 0.4) is 0 Å². The van der Waals surface area contributed by atoms with Gasteiger partial charge in [0.25, 0.3) is 5.91 Å². The Kier molecular flexibility index (Phi) is 5.11. The lowest BCUT2D eigenvalue weighted by atomic mass is 9.83. The van der Waals surface area contributed by atoms with Crippen molar-refractivity contribution in [2.75, 3.05) is 24.8 Å². The van der Waals surface area contributed by atoms with Crippen LogP contribution in [0.2, 0.25) is 0 Å². The molecule has 0 fully saturated rings. The Labute approximate surface area is 193 Å². The lowest BCUT2D eigenvalue weighted by Gasteiger charge is -2.49. The molecule has 0 unspecified atom stereocenters. The number of halogens is 2. The van der Waals surface area contributed by atoms with Gasteiger partial charge in [0.15, 0.2) is 23.1 Å². The summed E-state index contributed by atoms with van der Waals surface area (Å²) in [6, 6.07) is 12.3. The molecule has 1 N–H and O–H groups in total. The highest BCUT2D eigenvalue weighted by molar-refractivity contribution is 5.96. The first-order chi connectivity index (χ1) is 16.3. The topological polar surface area (TPSA) is 75.0 Å². The molecule has 1 atom stereocenters. The molecular formula is C25H21F2N3O4. The zero-order valence-corrected chi connectivity index (χ0v) is 18.2. The van der Waals surface area contributed by atoms with Crippen molar-refractivity contribution in [2.24, 2.45) is 0 Å². The van der Waals surface area contributed by atoms with Crippen molar-refractivity contribution >= 4 is 5.91 Å². The molecule has 1 amide bonds. The van der Waals surface area contributed by atoms with E-state index in [9.17, 15) is 23.5 Å². The predicted molar refractivity (Wildman–Crippen MR) is 120 cm³/mol. The molecule has 0 saturated carbocycles. The van der Waals surface area contributed by atoms with E-state index in [4.69, 9.17) is 4.74 Å². The van der Waals surface area contributed by atoms with Crippen molar-refractivity contribution in [2.45, 2.75) is 12.5 Å². The van der Waals surface area contributed by atoms with Crippen molar-refractivity contribution in [1.82, 2.24) is 9.58 Å². The van der Waals surface area contributed by atoms with E-state index in [0.29, 0.717) is 11.1 Å². The SMILES string of the molecule is C[C@@]1(c2ccccc2)c2cc(F)c(F)cc2OC/C=C\CN2CN1n1ccc(=O)c(O)c1C2=O. The third kappa shape index (κ3) is 3.23. The summed E-state index contributed by atoms with van der Waals surface area (Å²) in [6.07, 6.45) is 4.76. The minimum absolute atomic E-state index is 0.0301. The van der Waals surface area contributed by atoms with Crippen molar-refractivity contribution in [1.29, 1.82) is 0 Å². The summed E-state index contributed by atoms with van der Waals surface area (Å²) < 4.78 is 36.2. The smallest absolute Gasteiger partial charge is 0.278 e. The second kappa shape index (κ2) is 8.02.